The molecule has 0 aliphatic heterocycles. The van der Waals surface area contributed by atoms with E-state index in [-0.39, 0.29) is 17.5 Å². The normalized spacial score (nSPS) is 12.2. The van der Waals surface area contributed by atoms with Gasteiger partial charge in [-0.05, 0) is 18.6 Å². The Morgan fingerprint density at radius 2 is 2.13 bits per heavy atom. The van der Waals surface area contributed by atoms with E-state index >= 15 is 0 Å². The highest BCUT2D eigenvalue weighted by Crippen LogP contribution is 2.15. The highest BCUT2D eigenvalue weighted by atomic mass is 19.1. The fourth-order valence-electron chi connectivity index (χ4n) is 1.38. The minimum atomic E-state index is -0.394. The molecule has 0 bridgehead atoms. The molecule has 82 valence electrons. The van der Waals surface area contributed by atoms with E-state index in [9.17, 15) is 9.18 Å². The Kier molecular flexibility index (Phi) is 4.28. The van der Waals surface area contributed by atoms with Gasteiger partial charge in [-0.15, -0.1) is 0 Å². The molecule has 3 heteroatoms. The Hall–Kier alpha value is -1.38. The van der Waals surface area contributed by atoms with Crippen molar-refractivity contribution in [3.63, 3.8) is 0 Å². The highest BCUT2D eigenvalue weighted by Gasteiger charge is 2.13. The third-order valence-corrected chi connectivity index (χ3v) is 2.30. The average molecular weight is 209 g/mol. The minimum absolute atomic E-state index is 0.0744. The number of hydrogen-bond acceptors (Lipinski definition) is 1. The molecule has 0 saturated carbocycles. The topological polar surface area (TPSA) is 29.1 Å². The van der Waals surface area contributed by atoms with Crippen LogP contribution in [0.2, 0.25) is 0 Å². The van der Waals surface area contributed by atoms with E-state index in [4.69, 9.17) is 0 Å². The lowest BCUT2D eigenvalue weighted by Crippen LogP contribution is -2.20. The monoisotopic (exact) mass is 209 g/mol. The quantitative estimate of drug-likeness (QED) is 0.810. The van der Waals surface area contributed by atoms with Crippen molar-refractivity contribution in [2.24, 2.45) is 5.92 Å². The second kappa shape index (κ2) is 5.49. The number of benzene rings is 1. The number of halogens is 1. The van der Waals surface area contributed by atoms with Crippen LogP contribution in [0, 0.1) is 11.7 Å². The summed E-state index contributed by atoms with van der Waals surface area (Å²) in [5.41, 5.74) is 0.255. The van der Waals surface area contributed by atoms with Gasteiger partial charge in [0.15, 0.2) is 0 Å². The first-order valence-corrected chi connectivity index (χ1v) is 5.20. The van der Waals surface area contributed by atoms with Crippen LogP contribution in [0.4, 0.5) is 10.1 Å². The third kappa shape index (κ3) is 3.35. The Morgan fingerprint density at radius 3 is 2.73 bits per heavy atom. The molecule has 1 N–H and O–H groups in total. The van der Waals surface area contributed by atoms with Crippen LogP contribution in [0.1, 0.15) is 26.7 Å². The van der Waals surface area contributed by atoms with Gasteiger partial charge in [-0.3, -0.25) is 4.79 Å². The Balaban J connectivity index is 2.62. The van der Waals surface area contributed by atoms with Gasteiger partial charge in [-0.1, -0.05) is 32.4 Å². The van der Waals surface area contributed by atoms with Crippen molar-refractivity contribution in [2.45, 2.75) is 26.7 Å². The van der Waals surface area contributed by atoms with E-state index in [1.807, 2.05) is 13.8 Å². The summed E-state index contributed by atoms with van der Waals surface area (Å²) in [5.74, 6) is -0.592. The van der Waals surface area contributed by atoms with Crippen LogP contribution < -0.4 is 5.32 Å². The standard InChI is InChI=1S/C12H16FNO/c1-3-6-9(2)12(15)14-11-8-5-4-7-10(11)13/h4-5,7-9H,3,6H2,1-2H3,(H,14,15)/t9-/m1/s1. The van der Waals surface area contributed by atoms with Crippen LogP contribution in [0.5, 0.6) is 0 Å². The lowest BCUT2D eigenvalue weighted by molar-refractivity contribution is -0.119. The summed E-state index contributed by atoms with van der Waals surface area (Å²) in [4.78, 5) is 11.6. The van der Waals surface area contributed by atoms with Gasteiger partial charge >= 0.3 is 0 Å². The van der Waals surface area contributed by atoms with Crippen LogP contribution in [0.3, 0.4) is 0 Å². The molecule has 0 unspecified atom stereocenters. The molecule has 0 heterocycles. The molecule has 1 atom stereocenters. The lowest BCUT2D eigenvalue weighted by atomic mass is 10.1. The van der Waals surface area contributed by atoms with Gasteiger partial charge in [0.2, 0.25) is 5.91 Å². The second-order valence-corrected chi connectivity index (χ2v) is 3.66. The van der Waals surface area contributed by atoms with Crippen molar-refractivity contribution in [1.29, 1.82) is 0 Å². The molecular weight excluding hydrogens is 193 g/mol. The second-order valence-electron chi connectivity index (χ2n) is 3.66. The van der Waals surface area contributed by atoms with Crippen molar-refractivity contribution >= 4 is 11.6 Å². The zero-order valence-corrected chi connectivity index (χ0v) is 9.09. The lowest BCUT2D eigenvalue weighted by Gasteiger charge is -2.11. The van der Waals surface area contributed by atoms with Crippen LogP contribution >= 0.6 is 0 Å². The summed E-state index contributed by atoms with van der Waals surface area (Å²) in [6.07, 6.45) is 1.77. The van der Waals surface area contributed by atoms with Crippen molar-refractivity contribution in [3.05, 3.63) is 30.1 Å². The van der Waals surface area contributed by atoms with E-state index in [0.717, 1.165) is 12.8 Å². The summed E-state index contributed by atoms with van der Waals surface area (Å²) in [6, 6.07) is 6.19. The highest BCUT2D eigenvalue weighted by molar-refractivity contribution is 5.92. The Bertz CT molecular complexity index is 338. The fraction of sp³-hybridized carbons (Fsp3) is 0.417. The zero-order valence-electron chi connectivity index (χ0n) is 9.09. The molecule has 1 rings (SSSR count). The maximum atomic E-state index is 13.2. The number of carbonyl (C=O) groups is 1. The molecule has 15 heavy (non-hydrogen) atoms. The van der Waals surface area contributed by atoms with Gasteiger partial charge in [-0.25, -0.2) is 4.39 Å². The molecule has 0 saturated heterocycles. The first-order chi connectivity index (χ1) is 7.15. The van der Waals surface area contributed by atoms with Crippen LogP contribution in [0.15, 0.2) is 24.3 Å². The number of rotatable bonds is 4. The van der Waals surface area contributed by atoms with E-state index in [1.165, 1.54) is 6.07 Å². The first-order valence-electron chi connectivity index (χ1n) is 5.20. The Morgan fingerprint density at radius 1 is 1.47 bits per heavy atom. The van der Waals surface area contributed by atoms with Crippen molar-refractivity contribution in [2.75, 3.05) is 5.32 Å². The number of anilines is 1. The van der Waals surface area contributed by atoms with Crippen LogP contribution in [0.25, 0.3) is 0 Å². The summed E-state index contributed by atoms with van der Waals surface area (Å²) < 4.78 is 13.2. The molecular formula is C12H16FNO. The van der Waals surface area contributed by atoms with Gasteiger partial charge in [0.05, 0.1) is 5.69 Å². The largest absolute Gasteiger partial charge is 0.323 e. The molecule has 1 aromatic carbocycles. The third-order valence-electron chi connectivity index (χ3n) is 2.30. The van der Waals surface area contributed by atoms with Gasteiger partial charge < -0.3 is 5.32 Å². The zero-order chi connectivity index (χ0) is 11.3. The predicted molar refractivity (Wildman–Crippen MR) is 59.1 cm³/mol. The molecule has 0 spiro atoms. The van der Waals surface area contributed by atoms with Crippen molar-refractivity contribution in [3.8, 4) is 0 Å². The average Bonchev–Trinajstić information content (AvgIpc) is 2.21. The summed E-state index contributed by atoms with van der Waals surface area (Å²) in [6.45, 7) is 3.87. The minimum Gasteiger partial charge on any atom is -0.323 e. The van der Waals surface area contributed by atoms with Crippen LogP contribution in [-0.4, -0.2) is 5.91 Å². The van der Waals surface area contributed by atoms with Crippen molar-refractivity contribution < 1.29 is 9.18 Å². The SMILES string of the molecule is CCC[C@@H](C)C(=O)Nc1ccccc1F. The number of hydrogen-bond donors (Lipinski definition) is 1. The van der Waals surface area contributed by atoms with Gasteiger partial charge in [0, 0.05) is 5.92 Å². The molecule has 0 fully saturated rings. The molecule has 0 aliphatic carbocycles. The van der Waals surface area contributed by atoms with E-state index < -0.39 is 5.82 Å². The maximum Gasteiger partial charge on any atom is 0.227 e. The smallest absolute Gasteiger partial charge is 0.227 e. The van der Waals surface area contributed by atoms with Gasteiger partial charge in [0.25, 0.3) is 0 Å². The molecule has 0 radical (unpaired) electrons. The van der Waals surface area contributed by atoms with E-state index in [0.29, 0.717) is 0 Å². The molecule has 0 aliphatic rings. The van der Waals surface area contributed by atoms with Gasteiger partial charge in [0.1, 0.15) is 5.82 Å². The molecule has 0 aromatic heterocycles. The number of amides is 1. The van der Waals surface area contributed by atoms with E-state index in [1.54, 1.807) is 18.2 Å². The number of carbonyl (C=O) groups excluding carboxylic acids is 1. The fourth-order valence-corrected chi connectivity index (χ4v) is 1.38. The predicted octanol–water partition coefficient (Wildman–Crippen LogP) is 3.20. The molecule has 1 aromatic rings. The van der Waals surface area contributed by atoms with Gasteiger partial charge in [-0.2, -0.15) is 0 Å². The first kappa shape index (κ1) is 11.7. The summed E-state index contributed by atoms with van der Waals surface area (Å²) in [5, 5.41) is 2.58. The van der Waals surface area contributed by atoms with E-state index in [2.05, 4.69) is 5.32 Å². The maximum absolute atomic E-state index is 13.2. The Labute approximate surface area is 89.5 Å². The van der Waals surface area contributed by atoms with Crippen molar-refractivity contribution in [1.82, 2.24) is 0 Å². The summed E-state index contributed by atoms with van der Waals surface area (Å²) in [7, 11) is 0. The molecule has 2 nitrogen and oxygen atoms in total. The molecule has 1 amide bonds. The number of nitrogens with one attached hydrogen (secondary N) is 1. The summed E-state index contributed by atoms with van der Waals surface area (Å²) >= 11 is 0. The number of para-hydroxylation sites is 1. The van der Waals surface area contributed by atoms with Crippen LogP contribution in [-0.2, 0) is 4.79 Å².